The highest BCUT2D eigenvalue weighted by Crippen LogP contribution is 2.24. The van der Waals surface area contributed by atoms with Crippen LogP contribution in [-0.4, -0.2) is 18.0 Å². The van der Waals surface area contributed by atoms with Crippen LogP contribution >= 0.6 is 23.1 Å². The van der Waals surface area contributed by atoms with Crippen molar-refractivity contribution in [2.45, 2.75) is 24.2 Å². The van der Waals surface area contributed by atoms with Gasteiger partial charge < -0.3 is 10.1 Å². The molecule has 0 fully saturated rings. The lowest BCUT2D eigenvalue weighted by Gasteiger charge is -2.08. The SMILES string of the molecule is COCc1cccc(NC(=O)c2ccc(SCc3csc(C)n3)cc2)c1. The van der Waals surface area contributed by atoms with E-state index in [9.17, 15) is 4.79 Å². The minimum Gasteiger partial charge on any atom is -0.380 e. The van der Waals surface area contributed by atoms with E-state index in [1.807, 2.05) is 55.5 Å². The molecule has 1 amide bonds. The lowest BCUT2D eigenvalue weighted by molar-refractivity contribution is 0.102. The first-order valence-corrected chi connectivity index (χ1v) is 10.0. The van der Waals surface area contributed by atoms with Gasteiger partial charge in [-0.1, -0.05) is 12.1 Å². The molecule has 0 atom stereocenters. The summed E-state index contributed by atoms with van der Waals surface area (Å²) in [5.41, 5.74) is 3.52. The number of nitrogens with zero attached hydrogens (tertiary/aromatic N) is 1. The van der Waals surface area contributed by atoms with Crippen molar-refractivity contribution < 1.29 is 9.53 Å². The van der Waals surface area contributed by atoms with Crippen molar-refractivity contribution in [2.24, 2.45) is 0 Å². The number of carbonyl (C=O) groups is 1. The average molecular weight is 385 g/mol. The molecule has 2 aromatic carbocycles. The zero-order valence-corrected chi connectivity index (χ0v) is 16.3. The second-order valence-corrected chi connectivity index (χ2v) is 7.87. The van der Waals surface area contributed by atoms with Crippen molar-refractivity contribution in [2.75, 3.05) is 12.4 Å². The van der Waals surface area contributed by atoms with Crippen LogP contribution in [0.3, 0.4) is 0 Å². The first kappa shape index (κ1) is 18.6. The summed E-state index contributed by atoms with van der Waals surface area (Å²) >= 11 is 3.38. The van der Waals surface area contributed by atoms with E-state index in [1.54, 1.807) is 30.2 Å². The Bertz CT molecular complexity index is 876. The number of hydrogen-bond acceptors (Lipinski definition) is 5. The molecule has 0 saturated carbocycles. The second-order valence-electron chi connectivity index (χ2n) is 5.76. The Morgan fingerprint density at radius 2 is 2.04 bits per heavy atom. The number of hydrogen-bond donors (Lipinski definition) is 1. The molecule has 0 spiro atoms. The van der Waals surface area contributed by atoms with Gasteiger partial charge in [0.2, 0.25) is 0 Å². The molecule has 0 radical (unpaired) electrons. The number of thioether (sulfide) groups is 1. The smallest absolute Gasteiger partial charge is 0.255 e. The van der Waals surface area contributed by atoms with Crippen LogP contribution < -0.4 is 5.32 Å². The van der Waals surface area contributed by atoms with E-state index in [0.29, 0.717) is 12.2 Å². The number of aromatic nitrogens is 1. The number of carbonyl (C=O) groups excluding carboxylic acids is 1. The number of aryl methyl sites for hydroxylation is 1. The minimum atomic E-state index is -0.119. The third-order valence-electron chi connectivity index (χ3n) is 3.67. The van der Waals surface area contributed by atoms with E-state index in [2.05, 4.69) is 15.7 Å². The number of thiazole rings is 1. The van der Waals surface area contributed by atoms with Crippen molar-refractivity contribution in [1.29, 1.82) is 0 Å². The van der Waals surface area contributed by atoms with Crippen LogP contribution in [0.5, 0.6) is 0 Å². The van der Waals surface area contributed by atoms with Gasteiger partial charge in [-0.05, 0) is 48.9 Å². The molecular formula is C20H20N2O2S2. The largest absolute Gasteiger partial charge is 0.380 e. The fourth-order valence-corrected chi connectivity index (χ4v) is 3.95. The fourth-order valence-electron chi connectivity index (χ4n) is 2.44. The first-order valence-electron chi connectivity index (χ1n) is 8.17. The van der Waals surface area contributed by atoms with Crippen LogP contribution in [0.25, 0.3) is 0 Å². The van der Waals surface area contributed by atoms with Crippen molar-refractivity contribution >= 4 is 34.7 Å². The van der Waals surface area contributed by atoms with Gasteiger partial charge in [0.25, 0.3) is 5.91 Å². The third-order valence-corrected chi connectivity index (χ3v) is 5.53. The molecule has 3 rings (SSSR count). The van der Waals surface area contributed by atoms with Crippen molar-refractivity contribution in [1.82, 2.24) is 4.98 Å². The van der Waals surface area contributed by atoms with Crippen molar-refractivity contribution in [3.8, 4) is 0 Å². The number of rotatable bonds is 7. The van der Waals surface area contributed by atoms with Crippen LogP contribution in [0, 0.1) is 6.92 Å². The number of ether oxygens (including phenoxy) is 1. The van der Waals surface area contributed by atoms with Gasteiger partial charge in [-0.2, -0.15) is 0 Å². The van der Waals surface area contributed by atoms with E-state index in [0.717, 1.165) is 32.6 Å². The van der Waals surface area contributed by atoms with Crippen molar-refractivity contribution in [3.05, 3.63) is 75.7 Å². The molecule has 3 aromatic rings. The van der Waals surface area contributed by atoms with Gasteiger partial charge in [-0.3, -0.25) is 4.79 Å². The molecule has 0 bridgehead atoms. The van der Waals surface area contributed by atoms with E-state index >= 15 is 0 Å². The second kappa shape index (κ2) is 8.98. The summed E-state index contributed by atoms with van der Waals surface area (Å²) in [4.78, 5) is 18.0. The van der Waals surface area contributed by atoms with E-state index in [-0.39, 0.29) is 5.91 Å². The molecule has 4 nitrogen and oxygen atoms in total. The molecule has 134 valence electrons. The highest BCUT2D eigenvalue weighted by molar-refractivity contribution is 7.98. The Morgan fingerprint density at radius 3 is 2.73 bits per heavy atom. The quantitative estimate of drug-likeness (QED) is 0.573. The van der Waals surface area contributed by atoms with E-state index < -0.39 is 0 Å². The van der Waals surface area contributed by atoms with Crippen LogP contribution in [0.15, 0.2) is 58.8 Å². The lowest BCUT2D eigenvalue weighted by atomic mass is 10.2. The normalized spacial score (nSPS) is 10.7. The summed E-state index contributed by atoms with van der Waals surface area (Å²) < 4.78 is 5.12. The van der Waals surface area contributed by atoms with Gasteiger partial charge in [0.1, 0.15) is 0 Å². The standard InChI is InChI=1S/C20H20N2O2S2/c1-14-21-18(12-25-14)13-26-19-8-6-16(7-9-19)20(23)22-17-5-3-4-15(10-17)11-24-2/h3-10,12H,11,13H2,1-2H3,(H,22,23). The predicted octanol–water partition coefficient (Wildman–Crippen LogP) is 5.14. The monoisotopic (exact) mass is 384 g/mol. The summed E-state index contributed by atoms with van der Waals surface area (Å²) in [5.74, 6) is 0.716. The number of benzene rings is 2. The molecule has 1 aromatic heterocycles. The Labute approximate surface area is 161 Å². The van der Waals surface area contributed by atoms with Gasteiger partial charge in [-0.25, -0.2) is 4.98 Å². The Balaban J connectivity index is 1.58. The first-order chi connectivity index (χ1) is 12.6. The molecule has 0 aliphatic heterocycles. The van der Waals surface area contributed by atoms with E-state index in [4.69, 9.17) is 4.74 Å². The zero-order chi connectivity index (χ0) is 18.4. The fraction of sp³-hybridized carbons (Fsp3) is 0.200. The molecule has 0 aliphatic carbocycles. The number of methoxy groups -OCH3 is 1. The van der Waals surface area contributed by atoms with Gasteiger partial charge >= 0.3 is 0 Å². The Hall–Kier alpha value is -2.15. The number of anilines is 1. The molecular weight excluding hydrogens is 364 g/mol. The van der Waals surface area contributed by atoms with Crippen LogP contribution in [0.4, 0.5) is 5.69 Å². The molecule has 0 aliphatic rings. The molecule has 0 unspecified atom stereocenters. The summed E-state index contributed by atoms with van der Waals surface area (Å²) in [7, 11) is 1.65. The maximum atomic E-state index is 12.4. The number of amides is 1. The maximum absolute atomic E-state index is 12.4. The third kappa shape index (κ3) is 5.17. The molecule has 1 heterocycles. The summed E-state index contributed by atoms with van der Waals surface area (Å²) in [5, 5.41) is 6.10. The van der Waals surface area contributed by atoms with Gasteiger partial charge in [0, 0.05) is 34.4 Å². The Morgan fingerprint density at radius 1 is 1.23 bits per heavy atom. The van der Waals surface area contributed by atoms with Gasteiger partial charge in [0.15, 0.2) is 0 Å². The highest BCUT2D eigenvalue weighted by Gasteiger charge is 2.07. The van der Waals surface area contributed by atoms with E-state index in [1.165, 1.54) is 0 Å². The molecule has 1 N–H and O–H groups in total. The average Bonchev–Trinajstić information content (AvgIpc) is 3.06. The molecule has 6 heteroatoms. The summed E-state index contributed by atoms with van der Waals surface area (Å²) in [6.45, 7) is 2.53. The summed E-state index contributed by atoms with van der Waals surface area (Å²) in [6, 6.07) is 15.3. The number of nitrogens with one attached hydrogen (secondary N) is 1. The zero-order valence-electron chi connectivity index (χ0n) is 14.7. The van der Waals surface area contributed by atoms with Gasteiger partial charge in [-0.15, -0.1) is 23.1 Å². The van der Waals surface area contributed by atoms with Crippen LogP contribution in [-0.2, 0) is 17.1 Å². The molecule has 26 heavy (non-hydrogen) atoms. The molecule has 0 saturated heterocycles. The highest BCUT2D eigenvalue weighted by atomic mass is 32.2. The lowest BCUT2D eigenvalue weighted by Crippen LogP contribution is -2.11. The van der Waals surface area contributed by atoms with Gasteiger partial charge in [0.05, 0.1) is 17.3 Å². The Kier molecular flexibility index (Phi) is 6.44. The van der Waals surface area contributed by atoms with Crippen LogP contribution in [0.2, 0.25) is 0 Å². The topological polar surface area (TPSA) is 51.2 Å². The maximum Gasteiger partial charge on any atom is 0.255 e. The van der Waals surface area contributed by atoms with Crippen LogP contribution in [0.1, 0.15) is 26.6 Å². The van der Waals surface area contributed by atoms with Crippen molar-refractivity contribution in [3.63, 3.8) is 0 Å². The predicted molar refractivity (Wildman–Crippen MR) is 108 cm³/mol. The minimum absolute atomic E-state index is 0.119. The summed E-state index contributed by atoms with van der Waals surface area (Å²) in [6.07, 6.45) is 0.